The topological polar surface area (TPSA) is 78.0 Å². The summed E-state index contributed by atoms with van der Waals surface area (Å²) in [5.41, 5.74) is 5.76. The van der Waals surface area contributed by atoms with Crippen molar-refractivity contribution in [3.63, 3.8) is 0 Å². The molecular weight excluding hydrogens is 386 g/mol. The van der Waals surface area contributed by atoms with Crippen molar-refractivity contribution in [2.75, 3.05) is 6.54 Å². The van der Waals surface area contributed by atoms with E-state index in [0.29, 0.717) is 12.1 Å². The Morgan fingerprint density at radius 3 is 2.58 bits per heavy atom. The van der Waals surface area contributed by atoms with E-state index in [0.717, 1.165) is 52.5 Å². The molecule has 0 fully saturated rings. The summed E-state index contributed by atoms with van der Waals surface area (Å²) in [5.74, 6) is -0.254. The fourth-order valence-corrected chi connectivity index (χ4v) is 3.64. The number of amides is 1. The molecule has 31 heavy (non-hydrogen) atoms. The van der Waals surface area contributed by atoms with Crippen LogP contribution in [0.3, 0.4) is 0 Å². The number of aryl methyl sites for hydroxylation is 1. The lowest BCUT2D eigenvalue weighted by Crippen LogP contribution is -2.24. The van der Waals surface area contributed by atoms with Crippen molar-refractivity contribution < 1.29 is 9.90 Å². The monoisotopic (exact) mass is 411 g/mol. The van der Waals surface area contributed by atoms with E-state index in [1.165, 1.54) is 6.07 Å². The fraction of sp³-hybridized carbons (Fsp3) is 0.154. The predicted octanol–water partition coefficient (Wildman–Crippen LogP) is 5.33. The minimum atomic E-state index is -0.253. The van der Waals surface area contributed by atoms with E-state index >= 15 is 0 Å². The number of H-pyrrole nitrogens is 1. The van der Waals surface area contributed by atoms with Gasteiger partial charge in [0.15, 0.2) is 0 Å². The molecule has 5 nitrogen and oxygen atoms in total. The average molecular weight is 412 g/mol. The van der Waals surface area contributed by atoms with Crippen LogP contribution >= 0.6 is 0 Å². The molecular formula is C26H25N3O2. The zero-order chi connectivity index (χ0) is 21.6. The van der Waals surface area contributed by atoms with Gasteiger partial charge in [-0.05, 0) is 54.2 Å². The highest BCUT2D eigenvalue weighted by Crippen LogP contribution is 2.26. The lowest BCUT2D eigenvalue weighted by molar-refractivity contribution is 0.0950. The normalized spacial score (nSPS) is 10.8. The van der Waals surface area contributed by atoms with Crippen LogP contribution in [-0.4, -0.2) is 27.8 Å². The van der Waals surface area contributed by atoms with Gasteiger partial charge < -0.3 is 10.4 Å². The van der Waals surface area contributed by atoms with Gasteiger partial charge in [-0.2, -0.15) is 5.10 Å². The van der Waals surface area contributed by atoms with E-state index in [-0.39, 0.29) is 11.7 Å². The number of hydrogen-bond acceptors (Lipinski definition) is 3. The molecule has 0 radical (unpaired) electrons. The smallest absolute Gasteiger partial charge is 0.255 e. The fourth-order valence-electron chi connectivity index (χ4n) is 3.64. The number of phenols is 1. The summed E-state index contributed by atoms with van der Waals surface area (Å²) in [7, 11) is 0. The van der Waals surface area contributed by atoms with E-state index in [9.17, 15) is 9.90 Å². The number of para-hydroxylation sites is 1. The molecule has 4 aromatic rings. The van der Waals surface area contributed by atoms with Crippen molar-refractivity contribution in [3.8, 4) is 16.9 Å². The van der Waals surface area contributed by atoms with Crippen molar-refractivity contribution in [3.05, 3.63) is 90.1 Å². The van der Waals surface area contributed by atoms with Crippen molar-refractivity contribution >= 4 is 22.9 Å². The Hall–Kier alpha value is -3.86. The Morgan fingerprint density at radius 1 is 1.03 bits per heavy atom. The molecule has 0 unspecified atom stereocenters. The third-order valence-corrected chi connectivity index (χ3v) is 5.40. The van der Waals surface area contributed by atoms with Crippen LogP contribution in [0.5, 0.6) is 5.75 Å². The number of hydrogen-bond donors (Lipinski definition) is 3. The van der Waals surface area contributed by atoms with Gasteiger partial charge in [0.2, 0.25) is 0 Å². The number of aromatic amines is 1. The van der Waals surface area contributed by atoms with Gasteiger partial charge in [0, 0.05) is 11.9 Å². The van der Waals surface area contributed by atoms with Crippen LogP contribution < -0.4 is 5.32 Å². The van der Waals surface area contributed by atoms with Crippen LogP contribution in [-0.2, 0) is 6.42 Å². The van der Waals surface area contributed by atoms with Gasteiger partial charge in [-0.25, -0.2) is 0 Å². The number of aromatic hydroxyl groups is 1. The van der Waals surface area contributed by atoms with Crippen LogP contribution in [0.1, 0.15) is 34.5 Å². The van der Waals surface area contributed by atoms with E-state index in [1.807, 2.05) is 6.08 Å². The number of benzene rings is 3. The standard InChI is InChI=1S/C26H25N3O2/c1-2-18-10-12-19(13-11-18)20-14-15-21-23(28-29-24(21)17-20)8-5-6-16-27-26(31)22-7-3-4-9-25(22)30/h2-4,7,9-15,17,30H,1,5-6,8,16H2,(H,27,31)(H,28,29). The van der Waals surface area contributed by atoms with Gasteiger partial charge in [-0.1, -0.05) is 61.2 Å². The quantitative estimate of drug-likeness (QED) is 0.343. The lowest BCUT2D eigenvalue weighted by atomic mass is 10.0. The SMILES string of the molecule is C=Cc1ccc(-c2ccc3c(CCCCNC(=O)c4ccccc4O)n[nH]c3c2)cc1. The number of fused-ring (bicyclic) bond motifs is 1. The maximum atomic E-state index is 12.1. The van der Waals surface area contributed by atoms with Gasteiger partial charge >= 0.3 is 0 Å². The molecule has 3 N–H and O–H groups in total. The Morgan fingerprint density at radius 2 is 1.81 bits per heavy atom. The third kappa shape index (κ3) is 4.67. The van der Waals surface area contributed by atoms with Crippen molar-refractivity contribution in [2.24, 2.45) is 0 Å². The van der Waals surface area contributed by atoms with Crippen molar-refractivity contribution in [1.82, 2.24) is 15.5 Å². The average Bonchev–Trinajstić information content (AvgIpc) is 3.21. The molecule has 0 aliphatic heterocycles. The molecule has 0 aliphatic rings. The molecule has 3 aromatic carbocycles. The molecule has 1 heterocycles. The molecule has 0 saturated heterocycles. The Kier molecular flexibility index (Phi) is 6.13. The first kappa shape index (κ1) is 20.4. The number of carbonyl (C=O) groups is 1. The Balaban J connectivity index is 1.32. The van der Waals surface area contributed by atoms with Crippen LogP contribution in [0.15, 0.2) is 73.3 Å². The molecule has 0 bridgehead atoms. The maximum absolute atomic E-state index is 12.1. The number of rotatable bonds is 8. The molecule has 0 saturated carbocycles. The van der Waals surface area contributed by atoms with Gasteiger partial charge in [0.05, 0.1) is 16.8 Å². The molecule has 0 atom stereocenters. The number of nitrogens with one attached hydrogen (secondary N) is 2. The number of aromatic nitrogens is 2. The summed E-state index contributed by atoms with van der Waals surface area (Å²) in [6, 6.07) is 21.2. The Labute approximate surface area is 181 Å². The van der Waals surface area contributed by atoms with Gasteiger partial charge in [-0.15, -0.1) is 0 Å². The first-order valence-electron chi connectivity index (χ1n) is 10.4. The highest BCUT2D eigenvalue weighted by Gasteiger charge is 2.10. The number of nitrogens with zero attached hydrogens (tertiary/aromatic N) is 1. The van der Waals surface area contributed by atoms with E-state index in [1.54, 1.807) is 18.2 Å². The maximum Gasteiger partial charge on any atom is 0.255 e. The predicted molar refractivity (Wildman–Crippen MR) is 125 cm³/mol. The van der Waals surface area contributed by atoms with E-state index < -0.39 is 0 Å². The van der Waals surface area contributed by atoms with Crippen LogP contribution in [0, 0.1) is 0 Å². The molecule has 1 aromatic heterocycles. The third-order valence-electron chi connectivity index (χ3n) is 5.40. The number of unbranched alkanes of at least 4 members (excludes halogenated alkanes) is 1. The van der Waals surface area contributed by atoms with E-state index in [4.69, 9.17) is 0 Å². The summed E-state index contributed by atoms with van der Waals surface area (Å²) >= 11 is 0. The summed E-state index contributed by atoms with van der Waals surface area (Å²) in [6.07, 6.45) is 4.41. The van der Waals surface area contributed by atoms with Gasteiger partial charge in [0.25, 0.3) is 5.91 Å². The minimum Gasteiger partial charge on any atom is -0.507 e. The van der Waals surface area contributed by atoms with Gasteiger partial charge in [-0.3, -0.25) is 9.89 Å². The molecule has 4 rings (SSSR count). The minimum absolute atomic E-state index is 0.000916. The second-order valence-electron chi connectivity index (χ2n) is 7.49. The zero-order valence-corrected chi connectivity index (χ0v) is 17.3. The first-order valence-corrected chi connectivity index (χ1v) is 10.4. The number of carbonyl (C=O) groups excluding carboxylic acids is 1. The molecule has 5 heteroatoms. The number of phenolic OH excluding ortho intramolecular Hbond substituents is 1. The molecule has 0 aliphatic carbocycles. The highest BCUT2D eigenvalue weighted by molar-refractivity contribution is 5.96. The largest absolute Gasteiger partial charge is 0.507 e. The summed E-state index contributed by atoms with van der Waals surface area (Å²) in [4.78, 5) is 12.1. The second-order valence-corrected chi connectivity index (χ2v) is 7.49. The highest BCUT2D eigenvalue weighted by atomic mass is 16.3. The van der Waals surface area contributed by atoms with Crippen LogP contribution in [0.4, 0.5) is 0 Å². The van der Waals surface area contributed by atoms with Gasteiger partial charge in [0.1, 0.15) is 5.75 Å². The molecule has 0 spiro atoms. The lowest BCUT2D eigenvalue weighted by Gasteiger charge is -2.06. The molecule has 156 valence electrons. The molecule has 1 amide bonds. The van der Waals surface area contributed by atoms with Crippen molar-refractivity contribution in [1.29, 1.82) is 0 Å². The van der Waals surface area contributed by atoms with Crippen molar-refractivity contribution in [2.45, 2.75) is 19.3 Å². The van der Waals surface area contributed by atoms with Crippen LogP contribution in [0.2, 0.25) is 0 Å². The first-order chi connectivity index (χ1) is 15.2. The summed E-state index contributed by atoms with van der Waals surface area (Å²) in [6.45, 7) is 4.35. The second kappa shape index (κ2) is 9.30. The summed E-state index contributed by atoms with van der Waals surface area (Å²) in [5, 5.41) is 21.4. The zero-order valence-electron chi connectivity index (χ0n) is 17.3. The van der Waals surface area contributed by atoms with E-state index in [2.05, 4.69) is 64.6 Å². The van der Waals surface area contributed by atoms with Crippen LogP contribution in [0.25, 0.3) is 28.1 Å². The summed E-state index contributed by atoms with van der Waals surface area (Å²) < 4.78 is 0. The Bertz CT molecular complexity index is 1210.